The average molecular weight is 292 g/mol. The SMILES string of the molecule is CC(C)CN(CC/C(N)=N/O)c1ccc(C(C)(C)C)cn1. The van der Waals surface area contributed by atoms with Crippen LogP contribution in [0.1, 0.15) is 46.6 Å². The molecule has 0 radical (unpaired) electrons. The van der Waals surface area contributed by atoms with Crippen molar-refractivity contribution in [3.05, 3.63) is 23.9 Å². The fourth-order valence-electron chi connectivity index (χ4n) is 2.06. The van der Waals surface area contributed by atoms with Crippen LogP contribution in [0.4, 0.5) is 5.82 Å². The van der Waals surface area contributed by atoms with Gasteiger partial charge in [-0.05, 0) is 23.0 Å². The van der Waals surface area contributed by atoms with Gasteiger partial charge in [0.2, 0.25) is 0 Å². The summed E-state index contributed by atoms with van der Waals surface area (Å²) < 4.78 is 0. The van der Waals surface area contributed by atoms with Gasteiger partial charge in [-0.2, -0.15) is 0 Å². The van der Waals surface area contributed by atoms with Crippen molar-refractivity contribution in [1.29, 1.82) is 0 Å². The van der Waals surface area contributed by atoms with Crippen LogP contribution in [0.2, 0.25) is 0 Å². The Kier molecular flexibility index (Phi) is 6.00. The van der Waals surface area contributed by atoms with Gasteiger partial charge in [0.25, 0.3) is 0 Å². The molecule has 0 aliphatic carbocycles. The van der Waals surface area contributed by atoms with E-state index in [2.05, 4.69) is 61.8 Å². The van der Waals surface area contributed by atoms with Crippen LogP contribution in [0.5, 0.6) is 0 Å². The third-order valence-electron chi connectivity index (χ3n) is 3.29. The second-order valence-corrected chi connectivity index (χ2v) is 6.84. The number of pyridine rings is 1. The Morgan fingerprint density at radius 3 is 2.48 bits per heavy atom. The summed E-state index contributed by atoms with van der Waals surface area (Å²) in [6.45, 7) is 12.4. The molecule has 5 heteroatoms. The van der Waals surface area contributed by atoms with Gasteiger partial charge in [-0.25, -0.2) is 4.98 Å². The predicted molar refractivity (Wildman–Crippen MR) is 88.0 cm³/mol. The summed E-state index contributed by atoms with van der Waals surface area (Å²) in [6.07, 6.45) is 2.46. The Morgan fingerprint density at radius 2 is 2.05 bits per heavy atom. The molecule has 1 aromatic heterocycles. The molecule has 0 aromatic carbocycles. The summed E-state index contributed by atoms with van der Waals surface area (Å²) in [6, 6.07) is 4.17. The Labute approximate surface area is 127 Å². The minimum absolute atomic E-state index is 0.0996. The van der Waals surface area contributed by atoms with Gasteiger partial charge in [-0.3, -0.25) is 0 Å². The number of nitrogens with two attached hydrogens (primary N) is 1. The molecule has 118 valence electrons. The molecule has 1 heterocycles. The maximum atomic E-state index is 8.65. The lowest BCUT2D eigenvalue weighted by atomic mass is 9.88. The summed E-state index contributed by atoms with van der Waals surface area (Å²) in [5.41, 5.74) is 6.88. The van der Waals surface area contributed by atoms with Crippen molar-refractivity contribution >= 4 is 11.7 Å². The third-order valence-corrected chi connectivity index (χ3v) is 3.29. The minimum atomic E-state index is 0.0996. The molecule has 0 aliphatic heterocycles. The summed E-state index contributed by atoms with van der Waals surface area (Å²) in [4.78, 5) is 6.76. The molecule has 1 rings (SSSR count). The van der Waals surface area contributed by atoms with E-state index in [-0.39, 0.29) is 11.3 Å². The average Bonchev–Trinajstić information content (AvgIpc) is 2.41. The fourth-order valence-corrected chi connectivity index (χ4v) is 2.06. The van der Waals surface area contributed by atoms with E-state index in [1.54, 1.807) is 0 Å². The highest BCUT2D eigenvalue weighted by Crippen LogP contribution is 2.23. The van der Waals surface area contributed by atoms with Crippen LogP contribution < -0.4 is 10.6 Å². The van der Waals surface area contributed by atoms with Crippen LogP contribution in [0.3, 0.4) is 0 Å². The highest BCUT2D eigenvalue weighted by atomic mass is 16.4. The molecule has 21 heavy (non-hydrogen) atoms. The number of nitrogens with zero attached hydrogens (tertiary/aromatic N) is 3. The van der Waals surface area contributed by atoms with Crippen molar-refractivity contribution in [2.45, 2.75) is 46.5 Å². The molecular weight excluding hydrogens is 264 g/mol. The molecular formula is C16H28N4O. The van der Waals surface area contributed by atoms with Crippen molar-refractivity contribution < 1.29 is 5.21 Å². The zero-order valence-electron chi connectivity index (χ0n) is 13.8. The monoisotopic (exact) mass is 292 g/mol. The van der Waals surface area contributed by atoms with E-state index in [0.717, 1.165) is 12.4 Å². The topological polar surface area (TPSA) is 74.7 Å². The van der Waals surface area contributed by atoms with Crippen LogP contribution in [-0.4, -0.2) is 29.1 Å². The van der Waals surface area contributed by atoms with Crippen molar-refractivity contribution in [2.24, 2.45) is 16.8 Å². The van der Waals surface area contributed by atoms with Gasteiger partial charge in [0, 0.05) is 25.7 Å². The van der Waals surface area contributed by atoms with Crippen molar-refractivity contribution in [3.8, 4) is 0 Å². The largest absolute Gasteiger partial charge is 0.409 e. The number of hydrogen-bond acceptors (Lipinski definition) is 4. The summed E-state index contributed by atoms with van der Waals surface area (Å²) in [5, 5.41) is 11.7. The quantitative estimate of drug-likeness (QED) is 0.366. The van der Waals surface area contributed by atoms with E-state index in [9.17, 15) is 0 Å². The highest BCUT2D eigenvalue weighted by Gasteiger charge is 2.16. The molecule has 3 N–H and O–H groups in total. The first kappa shape index (κ1) is 17.3. The van der Waals surface area contributed by atoms with E-state index in [0.29, 0.717) is 18.9 Å². The number of hydrogen-bond donors (Lipinski definition) is 2. The first-order valence-corrected chi connectivity index (χ1v) is 7.42. The fraction of sp³-hybridized carbons (Fsp3) is 0.625. The molecule has 0 saturated heterocycles. The Hall–Kier alpha value is -1.78. The van der Waals surface area contributed by atoms with E-state index < -0.39 is 0 Å². The van der Waals surface area contributed by atoms with Crippen LogP contribution in [0.25, 0.3) is 0 Å². The lowest BCUT2D eigenvalue weighted by molar-refractivity contribution is 0.317. The Morgan fingerprint density at radius 1 is 1.38 bits per heavy atom. The number of anilines is 1. The Bertz CT molecular complexity index is 460. The van der Waals surface area contributed by atoms with Gasteiger partial charge in [0.1, 0.15) is 11.7 Å². The van der Waals surface area contributed by atoms with Gasteiger partial charge in [-0.15, -0.1) is 0 Å². The van der Waals surface area contributed by atoms with Gasteiger partial charge in [-0.1, -0.05) is 45.8 Å². The zero-order valence-corrected chi connectivity index (χ0v) is 13.8. The number of aromatic nitrogens is 1. The maximum absolute atomic E-state index is 8.65. The second-order valence-electron chi connectivity index (χ2n) is 6.84. The van der Waals surface area contributed by atoms with Gasteiger partial charge in [0.05, 0.1) is 0 Å². The molecule has 0 amide bonds. The number of rotatable bonds is 6. The molecule has 0 saturated carbocycles. The third kappa shape index (κ3) is 5.61. The minimum Gasteiger partial charge on any atom is -0.409 e. The summed E-state index contributed by atoms with van der Waals surface area (Å²) in [5.74, 6) is 1.69. The maximum Gasteiger partial charge on any atom is 0.140 e. The standard InChI is InChI=1S/C16H28N4O/c1-12(2)11-20(9-8-14(17)19-21)15-7-6-13(10-18-15)16(3,4)5/h6-7,10,12,21H,8-9,11H2,1-5H3,(H2,17,19). The second kappa shape index (κ2) is 7.29. The van der Waals surface area contributed by atoms with E-state index in [1.807, 2.05) is 6.20 Å². The first-order chi connectivity index (χ1) is 9.74. The molecule has 0 bridgehead atoms. The molecule has 0 aliphatic rings. The molecule has 1 aromatic rings. The van der Waals surface area contributed by atoms with Crippen molar-refractivity contribution in [3.63, 3.8) is 0 Å². The summed E-state index contributed by atoms with van der Waals surface area (Å²) >= 11 is 0. The molecule has 5 nitrogen and oxygen atoms in total. The Balaban J connectivity index is 2.87. The lowest BCUT2D eigenvalue weighted by Gasteiger charge is -2.26. The molecule has 0 spiro atoms. The summed E-state index contributed by atoms with van der Waals surface area (Å²) in [7, 11) is 0. The zero-order chi connectivity index (χ0) is 16.0. The van der Waals surface area contributed by atoms with E-state index >= 15 is 0 Å². The predicted octanol–water partition coefficient (Wildman–Crippen LogP) is 2.98. The molecule has 0 fully saturated rings. The van der Waals surface area contributed by atoms with Gasteiger partial charge < -0.3 is 15.8 Å². The number of amidine groups is 1. The van der Waals surface area contributed by atoms with E-state index in [4.69, 9.17) is 10.9 Å². The number of oxime groups is 1. The van der Waals surface area contributed by atoms with Gasteiger partial charge >= 0.3 is 0 Å². The van der Waals surface area contributed by atoms with Crippen LogP contribution in [0.15, 0.2) is 23.5 Å². The smallest absolute Gasteiger partial charge is 0.140 e. The highest BCUT2D eigenvalue weighted by molar-refractivity contribution is 5.80. The normalized spacial score (nSPS) is 12.8. The van der Waals surface area contributed by atoms with Crippen molar-refractivity contribution in [1.82, 2.24) is 4.98 Å². The van der Waals surface area contributed by atoms with Crippen molar-refractivity contribution in [2.75, 3.05) is 18.0 Å². The lowest BCUT2D eigenvalue weighted by Crippen LogP contribution is -2.32. The van der Waals surface area contributed by atoms with Crippen LogP contribution in [-0.2, 0) is 5.41 Å². The van der Waals surface area contributed by atoms with Crippen LogP contribution in [0, 0.1) is 5.92 Å². The first-order valence-electron chi connectivity index (χ1n) is 7.42. The van der Waals surface area contributed by atoms with Gasteiger partial charge in [0.15, 0.2) is 0 Å². The van der Waals surface area contributed by atoms with Crippen LogP contribution >= 0.6 is 0 Å². The van der Waals surface area contributed by atoms with E-state index in [1.165, 1.54) is 5.56 Å². The molecule has 0 unspecified atom stereocenters. The molecule has 0 atom stereocenters.